The van der Waals surface area contributed by atoms with Crippen molar-refractivity contribution in [2.45, 2.75) is 128 Å². The minimum absolute atomic E-state index is 0.396. The molecule has 6 heteroatoms. The van der Waals surface area contributed by atoms with Crippen LogP contribution in [0.2, 0.25) is 0 Å². The predicted octanol–water partition coefficient (Wildman–Crippen LogP) is 2.94. The Hall–Kier alpha value is -0.240. The highest BCUT2D eigenvalue weighted by Gasteiger charge is 2.50. The van der Waals surface area contributed by atoms with Crippen molar-refractivity contribution in [2.24, 2.45) is 0 Å². The Morgan fingerprint density at radius 2 is 0.750 bits per heavy atom. The van der Waals surface area contributed by atoms with Gasteiger partial charge in [-0.2, -0.15) is 0 Å². The van der Waals surface area contributed by atoms with Crippen molar-refractivity contribution in [1.29, 1.82) is 0 Å². The maximum absolute atomic E-state index is 10.3. The van der Waals surface area contributed by atoms with E-state index in [-0.39, 0.29) is 0 Å². The summed E-state index contributed by atoms with van der Waals surface area (Å²) in [6.45, 7) is 5.15. The summed E-state index contributed by atoms with van der Waals surface area (Å²) in [5, 5.41) is 41.4. The Kier molecular flexibility index (Phi) is 14.4. The van der Waals surface area contributed by atoms with Crippen molar-refractivity contribution in [2.75, 3.05) is 13.2 Å². The van der Waals surface area contributed by atoms with E-state index in [0.29, 0.717) is 13.2 Å². The van der Waals surface area contributed by atoms with Crippen LogP contribution in [0.3, 0.4) is 0 Å². The molecule has 1 saturated carbocycles. The molecule has 0 spiro atoms. The van der Waals surface area contributed by atoms with E-state index >= 15 is 0 Å². The van der Waals surface area contributed by atoms with Gasteiger partial charge in [0, 0.05) is 13.2 Å². The standard InChI is InChI=1S/C22H44O6/c1-3-5-7-9-11-13-15-27-21-17(23)19(25)22(20(26)18(21)24)28-16-14-12-10-8-6-4-2/h17-26H,3-16H2,1-2H3/t17-,18-,19-,20+,21?,22?/m1/s1. The van der Waals surface area contributed by atoms with Crippen LogP contribution in [-0.2, 0) is 9.47 Å². The van der Waals surface area contributed by atoms with Crippen LogP contribution in [0.4, 0.5) is 0 Å². The molecule has 4 N–H and O–H groups in total. The molecule has 28 heavy (non-hydrogen) atoms. The normalized spacial score (nSPS) is 30.6. The molecule has 2 unspecified atom stereocenters. The van der Waals surface area contributed by atoms with Crippen molar-refractivity contribution in [3.63, 3.8) is 0 Å². The van der Waals surface area contributed by atoms with Crippen molar-refractivity contribution in [1.82, 2.24) is 0 Å². The number of rotatable bonds is 16. The van der Waals surface area contributed by atoms with Gasteiger partial charge in [0.2, 0.25) is 0 Å². The summed E-state index contributed by atoms with van der Waals surface area (Å²) in [7, 11) is 0. The van der Waals surface area contributed by atoms with Crippen LogP contribution in [0.5, 0.6) is 0 Å². The highest BCUT2D eigenvalue weighted by atomic mass is 16.5. The van der Waals surface area contributed by atoms with Gasteiger partial charge in [0.1, 0.15) is 36.6 Å². The van der Waals surface area contributed by atoms with Gasteiger partial charge in [0.05, 0.1) is 0 Å². The van der Waals surface area contributed by atoms with E-state index in [4.69, 9.17) is 9.47 Å². The smallest absolute Gasteiger partial charge is 0.114 e. The Bertz CT molecular complexity index is 317. The second-order valence-electron chi connectivity index (χ2n) is 8.17. The van der Waals surface area contributed by atoms with Gasteiger partial charge in [-0.15, -0.1) is 0 Å². The Balaban J connectivity index is 2.30. The Morgan fingerprint density at radius 1 is 0.464 bits per heavy atom. The molecule has 0 aliphatic heterocycles. The van der Waals surface area contributed by atoms with Crippen LogP contribution >= 0.6 is 0 Å². The number of aliphatic hydroxyl groups excluding tert-OH is 4. The first kappa shape index (κ1) is 25.8. The summed E-state index contributed by atoms with van der Waals surface area (Å²) in [6.07, 6.45) is 6.27. The molecule has 6 nitrogen and oxygen atoms in total. The van der Waals surface area contributed by atoms with Crippen LogP contribution in [0.15, 0.2) is 0 Å². The summed E-state index contributed by atoms with van der Waals surface area (Å²) in [5.41, 5.74) is 0. The minimum atomic E-state index is -1.27. The Labute approximate surface area is 171 Å². The lowest BCUT2D eigenvalue weighted by atomic mass is 9.84. The molecule has 1 fully saturated rings. The zero-order valence-corrected chi connectivity index (χ0v) is 18.0. The molecule has 0 saturated heterocycles. The lowest BCUT2D eigenvalue weighted by Crippen LogP contribution is -2.65. The third-order valence-corrected chi connectivity index (χ3v) is 5.66. The van der Waals surface area contributed by atoms with Gasteiger partial charge in [0.15, 0.2) is 0 Å². The summed E-state index contributed by atoms with van der Waals surface area (Å²) in [6, 6.07) is 0. The van der Waals surface area contributed by atoms with Crippen LogP contribution in [0.25, 0.3) is 0 Å². The largest absolute Gasteiger partial charge is 0.387 e. The van der Waals surface area contributed by atoms with Crippen molar-refractivity contribution >= 4 is 0 Å². The third kappa shape index (κ3) is 9.06. The predicted molar refractivity (Wildman–Crippen MR) is 110 cm³/mol. The van der Waals surface area contributed by atoms with Crippen LogP contribution < -0.4 is 0 Å². The number of hydrogen-bond acceptors (Lipinski definition) is 6. The van der Waals surface area contributed by atoms with Crippen LogP contribution in [0.1, 0.15) is 90.9 Å². The van der Waals surface area contributed by atoms with Gasteiger partial charge in [0.25, 0.3) is 0 Å². The lowest BCUT2D eigenvalue weighted by molar-refractivity contribution is -0.246. The molecule has 168 valence electrons. The highest BCUT2D eigenvalue weighted by molar-refractivity contribution is 5.00. The van der Waals surface area contributed by atoms with E-state index in [1.54, 1.807) is 0 Å². The van der Waals surface area contributed by atoms with Gasteiger partial charge in [-0.1, -0.05) is 78.1 Å². The average Bonchev–Trinajstić information content (AvgIpc) is 2.69. The van der Waals surface area contributed by atoms with Gasteiger partial charge >= 0.3 is 0 Å². The number of hydrogen-bond donors (Lipinski definition) is 4. The topological polar surface area (TPSA) is 99.4 Å². The van der Waals surface area contributed by atoms with Crippen molar-refractivity contribution in [3.05, 3.63) is 0 Å². The highest BCUT2D eigenvalue weighted by Crippen LogP contribution is 2.26. The van der Waals surface area contributed by atoms with Crippen LogP contribution in [0, 0.1) is 0 Å². The molecule has 0 aromatic heterocycles. The molecular weight excluding hydrogens is 360 g/mol. The average molecular weight is 405 g/mol. The zero-order chi connectivity index (χ0) is 20.8. The molecule has 6 atom stereocenters. The fourth-order valence-corrected chi connectivity index (χ4v) is 3.78. The monoisotopic (exact) mass is 404 g/mol. The summed E-state index contributed by atoms with van der Waals surface area (Å²) in [5.74, 6) is 0. The van der Waals surface area contributed by atoms with E-state index in [9.17, 15) is 20.4 Å². The van der Waals surface area contributed by atoms with E-state index < -0.39 is 36.6 Å². The molecule has 0 heterocycles. The zero-order valence-electron chi connectivity index (χ0n) is 18.0. The fraction of sp³-hybridized carbons (Fsp3) is 1.00. The van der Waals surface area contributed by atoms with Crippen molar-refractivity contribution < 1.29 is 29.9 Å². The molecule has 0 aromatic rings. The van der Waals surface area contributed by atoms with Gasteiger partial charge in [-0.25, -0.2) is 0 Å². The summed E-state index contributed by atoms with van der Waals surface area (Å²) in [4.78, 5) is 0. The van der Waals surface area contributed by atoms with E-state index in [1.807, 2.05) is 0 Å². The number of aliphatic hydroxyl groups is 4. The summed E-state index contributed by atoms with van der Waals surface area (Å²) >= 11 is 0. The quantitative estimate of drug-likeness (QED) is 0.295. The first-order valence-corrected chi connectivity index (χ1v) is 11.5. The molecule has 0 bridgehead atoms. The Morgan fingerprint density at radius 3 is 1.07 bits per heavy atom. The number of ether oxygens (including phenoxy) is 2. The molecule has 1 aliphatic rings. The maximum Gasteiger partial charge on any atom is 0.114 e. The van der Waals surface area contributed by atoms with Gasteiger partial charge in [-0.3, -0.25) is 0 Å². The van der Waals surface area contributed by atoms with Crippen LogP contribution in [-0.4, -0.2) is 70.3 Å². The van der Waals surface area contributed by atoms with E-state index in [1.165, 1.54) is 38.5 Å². The molecular formula is C22H44O6. The second-order valence-corrected chi connectivity index (χ2v) is 8.17. The van der Waals surface area contributed by atoms with E-state index in [2.05, 4.69) is 13.8 Å². The minimum Gasteiger partial charge on any atom is -0.387 e. The summed E-state index contributed by atoms with van der Waals surface area (Å²) < 4.78 is 11.2. The molecule has 1 rings (SSSR count). The van der Waals surface area contributed by atoms with Gasteiger partial charge < -0.3 is 29.9 Å². The first-order chi connectivity index (χ1) is 13.5. The first-order valence-electron chi connectivity index (χ1n) is 11.5. The third-order valence-electron chi connectivity index (χ3n) is 5.66. The molecule has 0 amide bonds. The molecule has 0 aromatic carbocycles. The second kappa shape index (κ2) is 15.6. The SMILES string of the molecule is CCCCCCCCOC1[C@@H](O)[C@@H](O)C(OCCCCCCCC)[C@H](O)[C@H]1O. The van der Waals surface area contributed by atoms with Gasteiger partial charge in [-0.05, 0) is 12.8 Å². The molecule has 1 aliphatic carbocycles. The maximum atomic E-state index is 10.3. The van der Waals surface area contributed by atoms with E-state index in [0.717, 1.165) is 38.5 Å². The molecule has 0 radical (unpaired) electrons. The number of unbranched alkanes of at least 4 members (excludes halogenated alkanes) is 10. The van der Waals surface area contributed by atoms with Crippen molar-refractivity contribution in [3.8, 4) is 0 Å². The lowest BCUT2D eigenvalue weighted by Gasteiger charge is -2.43. The fourth-order valence-electron chi connectivity index (χ4n) is 3.78.